The third-order valence-corrected chi connectivity index (χ3v) is 3.33. The summed E-state index contributed by atoms with van der Waals surface area (Å²) in [7, 11) is 0. The maximum Gasteiger partial charge on any atom is 0.187 e. The summed E-state index contributed by atoms with van der Waals surface area (Å²) < 4.78 is 1.78. The van der Waals surface area contributed by atoms with Crippen LogP contribution in [0.5, 0.6) is 0 Å². The lowest BCUT2D eigenvalue weighted by Crippen LogP contribution is -2.11. The molecule has 0 N–H and O–H groups in total. The van der Waals surface area contributed by atoms with Crippen molar-refractivity contribution in [1.29, 1.82) is 0 Å². The van der Waals surface area contributed by atoms with Crippen molar-refractivity contribution in [3.8, 4) is 0 Å². The second kappa shape index (κ2) is 5.93. The monoisotopic (exact) mass is 278 g/mol. The maximum atomic E-state index is 12.1. The fourth-order valence-corrected chi connectivity index (χ4v) is 2.22. The van der Waals surface area contributed by atoms with Crippen LogP contribution in [0.15, 0.2) is 18.6 Å². The van der Waals surface area contributed by atoms with E-state index in [2.05, 4.69) is 15.1 Å². The number of nitrogens with zero attached hydrogens (tertiary/aromatic N) is 4. The number of carbonyl (C=O) groups is 1. The normalized spacial score (nSPS) is 10.7. The van der Waals surface area contributed by atoms with Crippen LogP contribution in [0.25, 0.3) is 0 Å². The number of Topliss-reactive ketones (excluding diaryl/α,β-unsaturated/α-hetero) is 1. The number of hydrogen-bond acceptors (Lipinski definition) is 4. The van der Waals surface area contributed by atoms with Crippen LogP contribution >= 0.6 is 11.6 Å². The van der Waals surface area contributed by atoms with Gasteiger partial charge >= 0.3 is 0 Å². The molecule has 0 saturated carbocycles. The molecule has 0 bridgehead atoms. The van der Waals surface area contributed by atoms with Gasteiger partial charge in [-0.3, -0.25) is 9.48 Å². The van der Waals surface area contributed by atoms with E-state index >= 15 is 0 Å². The molecular weight excluding hydrogens is 264 g/mol. The number of aromatic nitrogens is 4. The van der Waals surface area contributed by atoms with Gasteiger partial charge in [-0.25, -0.2) is 9.97 Å². The Morgan fingerprint density at radius 2 is 2.21 bits per heavy atom. The smallest absolute Gasteiger partial charge is 0.187 e. The summed E-state index contributed by atoms with van der Waals surface area (Å²) in [6.07, 6.45) is 3.87. The van der Waals surface area contributed by atoms with Gasteiger partial charge in [0.05, 0.1) is 22.8 Å². The van der Waals surface area contributed by atoms with Crippen molar-refractivity contribution < 1.29 is 4.79 Å². The molecule has 2 aromatic heterocycles. The zero-order valence-corrected chi connectivity index (χ0v) is 11.7. The Morgan fingerprint density at radius 3 is 2.79 bits per heavy atom. The summed E-state index contributed by atoms with van der Waals surface area (Å²) in [5, 5.41) is 4.98. The Balaban J connectivity index is 2.28. The standard InChI is InChI=1S/C13H15ClN4O/c1-3-9-13(14)11(18(4-2)17-9)7-12(19)10-5-6-15-8-16-10/h5-6,8H,3-4,7H2,1-2H3. The van der Waals surface area contributed by atoms with Crippen LogP contribution in [0.1, 0.15) is 35.7 Å². The number of carbonyl (C=O) groups excluding carboxylic acids is 1. The molecule has 0 unspecified atom stereocenters. The number of halogens is 1. The highest BCUT2D eigenvalue weighted by Crippen LogP contribution is 2.22. The average Bonchev–Trinajstić information content (AvgIpc) is 2.76. The van der Waals surface area contributed by atoms with Crippen LogP contribution in [-0.4, -0.2) is 25.5 Å². The molecule has 0 aliphatic heterocycles. The first kappa shape index (κ1) is 13.7. The van der Waals surface area contributed by atoms with Gasteiger partial charge < -0.3 is 0 Å². The van der Waals surface area contributed by atoms with E-state index in [0.717, 1.165) is 17.8 Å². The highest BCUT2D eigenvalue weighted by Gasteiger charge is 2.18. The molecule has 6 heteroatoms. The molecule has 0 saturated heterocycles. The molecule has 2 rings (SSSR count). The molecule has 0 fully saturated rings. The zero-order chi connectivity index (χ0) is 13.8. The molecule has 100 valence electrons. The van der Waals surface area contributed by atoms with E-state index in [1.165, 1.54) is 6.33 Å². The largest absolute Gasteiger partial charge is 0.292 e. The number of ketones is 1. The maximum absolute atomic E-state index is 12.1. The van der Waals surface area contributed by atoms with Gasteiger partial charge in [0.2, 0.25) is 0 Å². The Bertz CT molecular complexity index is 580. The lowest BCUT2D eigenvalue weighted by atomic mass is 10.1. The van der Waals surface area contributed by atoms with E-state index in [4.69, 9.17) is 11.6 Å². The highest BCUT2D eigenvalue weighted by molar-refractivity contribution is 6.32. The summed E-state index contributed by atoms with van der Waals surface area (Å²) in [6.45, 7) is 4.65. The highest BCUT2D eigenvalue weighted by atomic mass is 35.5. The zero-order valence-electron chi connectivity index (χ0n) is 10.9. The van der Waals surface area contributed by atoms with Gasteiger partial charge in [-0.2, -0.15) is 5.10 Å². The first-order valence-electron chi connectivity index (χ1n) is 6.20. The van der Waals surface area contributed by atoms with E-state index in [-0.39, 0.29) is 12.2 Å². The Labute approximate surface area is 116 Å². The topological polar surface area (TPSA) is 60.7 Å². The van der Waals surface area contributed by atoms with Gasteiger partial charge in [-0.1, -0.05) is 18.5 Å². The first-order valence-corrected chi connectivity index (χ1v) is 6.58. The molecule has 0 radical (unpaired) electrons. The summed E-state index contributed by atoms with van der Waals surface area (Å²) in [5.74, 6) is -0.0819. The lowest BCUT2D eigenvalue weighted by Gasteiger charge is -2.04. The fourth-order valence-electron chi connectivity index (χ4n) is 1.88. The van der Waals surface area contributed by atoms with Crippen LogP contribution in [0.2, 0.25) is 5.02 Å². The summed E-state index contributed by atoms with van der Waals surface area (Å²) in [6, 6.07) is 1.60. The molecular formula is C13H15ClN4O. The molecule has 0 aliphatic carbocycles. The molecule has 0 spiro atoms. The minimum Gasteiger partial charge on any atom is -0.292 e. The predicted molar refractivity (Wildman–Crippen MR) is 72.4 cm³/mol. The molecule has 5 nitrogen and oxygen atoms in total. The van der Waals surface area contributed by atoms with Gasteiger partial charge in [0.1, 0.15) is 12.0 Å². The minimum absolute atomic E-state index is 0.0819. The molecule has 19 heavy (non-hydrogen) atoms. The molecule has 0 atom stereocenters. The van der Waals surface area contributed by atoms with Crippen molar-refractivity contribution in [1.82, 2.24) is 19.7 Å². The number of hydrogen-bond donors (Lipinski definition) is 0. The van der Waals surface area contributed by atoms with Crippen molar-refractivity contribution in [3.63, 3.8) is 0 Å². The Morgan fingerprint density at radius 1 is 1.42 bits per heavy atom. The Hall–Kier alpha value is -1.75. The van der Waals surface area contributed by atoms with E-state index in [1.807, 2.05) is 13.8 Å². The summed E-state index contributed by atoms with van der Waals surface area (Å²) in [5.41, 5.74) is 1.98. The third kappa shape index (κ3) is 2.81. The molecule has 2 aromatic rings. The van der Waals surface area contributed by atoms with Crippen LogP contribution in [-0.2, 0) is 19.4 Å². The SMILES string of the molecule is CCc1nn(CC)c(CC(=O)c2ccncn2)c1Cl. The van der Waals surface area contributed by atoms with Crippen molar-refractivity contribution in [3.05, 3.63) is 40.7 Å². The van der Waals surface area contributed by atoms with Crippen LogP contribution in [0, 0.1) is 0 Å². The molecule has 0 amide bonds. The second-order valence-corrected chi connectivity index (χ2v) is 4.45. The van der Waals surface area contributed by atoms with Crippen molar-refractivity contribution >= 4 is 17.4 Å². The number of aryl methyl sites for hydroxylation is 2. The van der Waals surface area contributed by atoms with Crippen LogP contribution < -0.4 is 0 Å². The van der Waals surface area contributed by atoms with Crippen LogP contribution in [0.4, 0.5) is 0 Å². The molecule has 2 heterocycles. The van der Waals surface area contributed by atoms with Gasteiger partial charge in [0.15, 0.2) is 5.78 Å². The van der Waals surface area contributed by atoms with E-state index in [0.29, 0.717) is 17.3 Å². The van der Waals surface area contributed by atoms with E-state index < -0.39 is 0 Å². The van der Waals surface area contributed by atoms with Crippen molar-refractivity contribution in [2.45, 2.75) is 33.2 Å². The first-order chi connectivity index (χ1) is 9.17. The van der Waals surface area contributed by atoms with Gasteiger partial charge in [-0.05, 0) is 19.4 Å². The third-order valence-electron chi connectivity index (χ3n) is 2.89. The Kier molecular flexibility index (Phi) is 4.27. The van der Waals surface area contributed by atoms with E-state index in [9.17, 15) is 4.79 Å². The summed E-state index contributed by atoms with van der Waals surface area (Å²) >= 11 is 6.27. The van der Waals surface area contributed by atoms with Gasteiger partial charge in [-0.15, -0.1) is 0 Å². The average molecular weight is 279 g/mol. The summed E-state index contributed by atoms with van der Waals surface area (Å²) in [4.78, 5) is 19.9. The molecule has 0 aliphatic rings. The van der Waals surface area contributed by atoms with Crippen LogP contribution in [0.3, 0.4) is 0 Å². The second-order valence-electron chi connectivity index (χ2n) is 4.07. The van der Waals surface area contributed by atoms with Gasteiger partial charge in [0.25, 0.3) is 0 Å². The lowest BCUT2D eigenvalue weighted by molar-refractivity contribution is 0.0985. The fraction of sp³-hybridized carbons (Fsp3) is 0.385. The van der Waals surface area contributed by atoms with Crippen molar-refractivity contribution in [2.75, 3.05) is 0 Å². The quantitative estimate of drug-likeness (QED) is 0.788. The van der Waals surface area contributed by atoms with Crippen molar-refractivity contribution in [2.24, 2.45) is 0 Å². The van der Waals surface area contributed by atoms with Gasteiger partial charge in [0, 0.05) is 12.7 Å². The minimum atomic E-state index is -0.0819. The molecule has 0 aromatic carbocycles. The number of rotatable bonds is 5. The van der Waals surface area contributed by atoms with E-state index in [1.54, 1.807) is 16.9 Å². The predicted octanol–water partition coefficient (Wildman–Crippen LogP) is 2.33.